The van der Waals surface area contributed by atoms with Crippen molar-refractivity contribution in [1.29, 1.82) is 0 Å². The van der Waals surface area contributed by atoms with Crippen molar-refractivity contribution in [2.45, 2.75) is 38.8 Å². The van der Waals surface area contributed by atoms with Crippen LogP contribution in [0, 0.1) is 0 Å². The van der Waals surface area contributed by atoms with E-state index in [-0.39, 0.29) is 6.03 Å². The summed E-state index contributed by atoms with van der Waals surface area (Å²) >= 11 is 0. The van der Waals surface area contributed by atoms with Crippen molar-refractivity contribution >= 4 is 11.6 Å². The Morgan fingerprint density at radius 1 is 1.08 bits per heavy atom. The first kappa shape index (κ1) is 15.9. The number of benzene rings is 1. The van der Waals surface area contributed by atoms with Crippen LogP contribution in [0.2, 0.25) is 0 Å². The molecule has 1 N–H and O–H groups in total. The van der Waals surface area contributed by atoms with E-state index in [1.165, 1.54) is 17.6 Å². The number of amides is 2. The molecule has 0 bridgehead atoms. The lowest BCUT2D eigenvalue weighted by molar-refractivity contribution is 0.202. The van der Waals surface area contributed by atoms with Gasteiger partial charge in [-0.3, -0.25) is 0 Å². The molecule has 2 aliphatic rings. The molecule has 2 aliphatic heterocycles. The zero-order valence-corrected chi connectivity index (χ0v) is 14.3. The number of hydrogen-bond donors (Lipinski definition) is 1. The van der Waals surface area contributed by atoms with Gasteiger partial charge in [0.1, 0.15) is 5.82 Å². The number of carbonyl (C=O) groups is 1. The minimum Gasteiger partial charge on any atom is -0.331 e. The molecule has 0 saturated heterocycles. The molecule has 2 aromatic rings. The molecular weight excluding hydrogens is 314 g/mol. The van der Waals surface area contributed by atoms with Crippen molar-refractivity contribution in [3.8, 4) is 0 Å². The molecule has 4 rings (SSSR count). The van der Waals surface area contributed by atoms with Gasteiger partial charge in [0, 0.05) is 26.1 Å². The maximum absolute atomic E-state index is 12.4. The number of hydrogen-bond acceptors (Lipinski definition) is 3. The third-order valence-corrected chi connectivity index (χ3v) is 4.97. The highest BCUT2D eigenvalue weighted by Crippen LogP contribution is 2.22. The molecule has 1 aromatic carbocycles. The first-order chi connectivity index (χ1) is 12.3. The molecule has 0 radical (unpaired) electrons. The summed E-state index contributed by atoms with van der Waals surface area (Å²) in [6.07, 6.45) is 6.36. The molecule has 3 heterocycles. The highest BCUT2D eigenvalue weighted by Gasteiger charge is 2.20. The highest BCUT2D eigenvalue weighted by molar-refractivity contribution is 5.76. The molecule has 25 heavy (non-hydrogen) atoms. The Hall–Kier alpha value is -2.63. The Bertz CT molecular complexity index is 780. The first-order valence-electron chi connectivity index (χ1n) is 8.99. The van der Waals surface area contributed by atoms with Crippen molar-refractivity contribution < 1.29 is 4.79 Å². The van der Waals surface area contributed by atoms with E-state index >= 15 is 0 Å². The quantitative estimate of drug-likeness (QED) is 0.936. The normalized spacial score (nSPS) is 17.0. The summed E-state index contributed by atoms with van der Waals surface area (Å²) < 4.78 is 2.15. The second-order valence-corrected chi connectivity index (χ2v) is 6.59. The summed E-state index contributed by atoms with van der Waals surface area (Å²) in [7, 11) is 0. The van der Waals surface area contributed by atoms with Gasteiger partial charge in [-0.05, 0) is 30.4 Å². The van der Waals surface area contributed by atoms with E-state index in [0.717, 1.165) is 44.0 Å². The van der Waals surface area contributed by atoms with Crippen molar-refractivity contribution in [3.05, 3.63) is 53.6 Å². The molecule has 6 heteroatoms. The zero-order valence-electron chi connectivity index (χ0n) is 14.3. The topological polar surface area (TPSA) is 63.1 Å². The monoisotopic (exact) mass is 337 g/mol. The van der Waals surface area contributed by atoms with Crippen LogP contribution in [0.3, 0.4) is 0 Å². The third kappa shape index (κ3) is 3.43. The van der Waals surface area contributed by atoms with Gasteiger partial charge in [-0.1, -0.05) is 36.4 Å². The number of carbonyl (C=O) groups excluding carboxylic acids is 1. The molecule has 0 atom stereocenters. The van der Waals surface area contributed by atoms with Crippen LogP contribution in [-0.2, 0) is 19.5 Å². The molecule has 1 aromatic heterocycles. The minimum atomic E-state index is -0.0310. The summed E-state index contributed by atoms with van der Waals surface area (Å²) in [5.74, 6) is 1.91. The standard InChI is InChI=1S/C19H23N5O/c25-19(20-14-18-22-21-17-8-4-5-11-24(17)18)23-12-9-16(10-13-23)15-6-2-1-3-7-15/h1-3,6-7,9H,4-5,8,10-14H2,(H,20,25). The van der Waals surface area contributed by atoms with Crippen LogP contribution >= 0.6 is 0 Å². The highest BCUT2D eigenvalue weighted by atomic mass is 16.2. The maximum Gasteiger partial charge on any atom is 0.318 e. The van der Waals surface area contributed by atoms with Gasteiger partial charge >= 0.3 is 6.03 Å². The SMILES string of the molecule is O=C(NCc1nnc2n1CCCC2)N1CC=C(c2ccccc2)CC1. The summed E-state index contributed by atoms with van der Waals surface area (Å²) in [6.45, 7) is 2.79. The Balaban J connectivity index is 1.34. The van der Waals surface area contributed by atoms with Gasteiger partial charge in [-0.2, -0.15) is 0 Å². The lowest BCUT2D eigenvalue weighted by Crippen LogP contribution is -2.42. The summed E-state index contributed by atoms with van der Waals surface area (Å²) in [4.78, 5) is 14.3. The van der Waals surface area contributed by atoms with Gasteiger partial charge in [-0.15, -0.1) is 10.2 Å². The van der Waals surface area contributed by atoms with Crippen LogP contribution in [0.4, 0.5) is 4.79 Å². The molecule has 0 fully saturated rings. The number of aryl methyl sites for hydroxylation is 1. The van der Waals surface area contributed by atoms with Crippen LogP contribution in [0.1, 0.15) is 36.5 Å². The first-order valence-corrected chi connectivity index (χ1v) is 8.99. The Kier molecular flexibility index (Phi) is 4.50. The second kappa shape index (κ2) is 7.09. The van der Waals surface area contributed by atoms with Crippen LogP contribution < -0.4 is 5.32 Å². The zero-order chi connectivity index (χ0) is 17.1. The maximum atomic E-state index is 12.4. The Morgan fingerprint density at radius 3 is 2.76 bits per heavy atom. The fourth-order valence-corrected chi connectivity index (χ4v) is 3.53. The van der Waals surface area contributed by atoms with Crippen molar-refractivity contribution in [3.63, 3.8) is 0 Å². The van der Waals surface area contributed by atoms with Gasteiger partial charge in [0.05, 0.1) is 6.54 Å². The molecule has 0 aliphatic carbocycles. The van der Waals surface area contributed by atoms with Gasteiger partial charge in [0.25, 0.3) is 0 Å². The number of nitrogens with one attached hydrogen (secondary N) is 1. The minimum absolute atomic E-state index is 0.0310. The van der Waals surface area contributed by atoms with E-state index < -0.39 is 0 Å². The molecule has 130 valence electrons. The van der Waals surface area contributed by atoms with E-state index in [4.69, 9.17) is 0 Å². The number of aromatic nitrogens is 3. The van der Waals surface area contributed by atoms with E-state index in [0.29, 0.717) is 13.1 Å². The van der Waals surface area contributed by atoms with Crippen LogP contribution in [0.5, 0.6) is 0 Å². The smallest absolute Gasteiger partial charge is 0.318 e. The third-order valence-electron chi connectivity index (χ3n) is 4.97. The van der Waals surface area contributed by atoms with Crippen molar-refractivity contribution in [1.82, 2.24) is 25.0 Å². The molecule has 6 nitrogen and oxygen atoms in total. The molecule has 0 unspecified atom stereocenters. The van der Waals surface area contributed by atoms with Crippen molar-refractivity contribution in [2.24, 2.45) is 0 Å². The number of nitrogens with zero attached hydrogens (tertiary/aromatic N) is 4. The van der Waals surface area contributed by atoms with Gasteiger partial charge in [-0.25, -0.2) is 4.79 Å². The van der Waals surface area contributed by atoms with Gasteiger partial charge in [0.2, 0.25) is 0 Å². The molecular formula is C19H23N5O. The average molecular weight is 337 g/mol. The number of urea groups is 1. The average Bonchev–Trinajstić information content (AvgIpc) is 3.10. The Labute approximate surface area is 147 Å². The largest absolute Gasteiger partial charge is 0.331 e. The van der Waals surface area contributed by atoms with E-state index in [1.54, 1.807) is 0 Å². The van der Waals surface area contributed by atoms with Crippen molar-refractivity contribution in [2.75, 3.05) is 13.1 Å². The van der Waals surface area contributed by atoms with E-state index in [2.05, 4.69) is 50.4 Å². The van der Waals surface area contributed by atoms with Crippen LogP contribution in [-0.4, -0.2) is 38.8 Å². The van der Waals surface area contributed by atoms with Gasteiger partial charge in [0.15, 0.2) is 5.82 Å². The molecule has 2 amide bonds. The fraction of sp³-hybridized carbons (Fsp3) is 0.421. The fourth-order valence-electron chi connectivity index (χ4n) is 3.53. The lowest BCUT2D eigenvalue weighted by atomic mass is 10.00. The second-order valence-electron chi connectivity index (χ2n) is 6.59. The predicted molar refractivity (Wildman–Crippen MR) is 95.8 cm³/mol. The summed E-state index contributed by atoms with van der Waals surface area (Å²) in [5.41, 5.74) is 2.56. The van der Waals surface area contributed by atoms with E-state index in [9.17, 15) is 4.79 Å². The molecule has 0 spiro atoms. The molecule has 0 saturated carbocycles. The summed E-state index contributed by atoms with van der Waals surface area (Å²) in [5, 5.41) is 11.5. The predicted octanol–water partition coefficient (Wildman–Crippen LogP) is 2.61. The number of fused-ring (bicyclic) bond motifs is 1. The van der Waals surface area contributed by atoms with E-state index in [1.807, 2.05) is 11.0 Å². The Morgan fingerprint density at radius 2 is 1.96 bits per heavy atom. The van der Waals surface area contributed by atoms with Gasteiger partial charge < -0.3 is 14.8 Å². The number of rotatable bonds is 3. The summed E-state index contributed by atoms with van der Waals surface area (Å²) in [6, 6.07) is 10.3. The van der Waals surface area contributed by atoms with Crippen LogP contribution in [0.25, 0.3) is 5.57 Å². The van der Waals surface area contributed by atoms with Crippen LogP contribution in [0.15, 0.2) is 36.4 Å². The lowest BCUT2D eigenvalue weighted by Gasteiger charge is -2.27.